The number of alkyl halides is 3. The van der Waals surface area contributed by atoms with E-state index < -0.39 is 58.0 Å². The molecule has 3 heterocycles. The van der Waals surface area contributed by atoms with Crippen LogP contribution in [0.25, 0.3) is 0 Å². The molecule has 14 heteroatoms. The van der Waals surface area contributed by atoms with Gasteiger partial charge >= 0.3 is 11.0 Å². The van der Waals surface area contributed by atoms with Gasteiger partial charge in [-0.05, 0) is 74.0 Å². The Morgan fingerprint density at radius 2 is 1.64 bits per heavy atom. The quantitative estimate of drug-likeness (QED) is 0.202. The minimum Gasteiger partial charge on any atom is -0.372 e. The molecule has 0 saturated carbocycles. The van der Waals surface area contributed by atoms with Crippen LogP contribution in [0.3, 0.4) is 0 Å². The molecule has 0 bridgehead atoms. The van der Waals surface area contributed by atoms with E-state index in [2.05, 4.69) is 10.2 Å². The van der Waals surface area contributed by atoms with Crippen LogP contribution in [0.1, 0.15) is 35.8 Å². The molecule has 0 radical (unpaired) electrons. The third-order valence-corrected chi connectivity index (χ3v) is 11.1. The normalized spacial score (nSPS) is 19.0. The second-order valence-corrected chi connectivity index (χ2v) is 13.6. The average molecular weight is 701 g/mol. The third kappa shape index (κ3) is 6.19. The van der Waals surface area contributed by atoms with Crippen molar-refractivity contribution in [3.05, 3.63) is 103 Å². The van der Waals surface area contributed by atoms with Gasteiger partial charge in [0, 0.05) is 40.3 Å². The number of carbonyl (C=O) groups excluding carboxylic acids is 3. The Morgan fingerprint density at radius 3 is 2.28 bits per heavy atom. The fourth-order valence-corrected chi connectivity index (χ4v) is 8.96. The molecule has 47 heavy (non-hydrogen) atoms. The minimum absolute atomic E-state index is 0.0731. The molecule has 0 spiro atoms. The van der Waals surface area contributed by atoms with E-state index in [1.54, 1.807) is 24.3 Å². The van der Waals surface area contributed by atoms with Crippen molar-refractivity contribution < 1.29 is 27.6 Å². The molecule has 8 nitrogen and oxygen atoms in total. The number of aromatic nitrogens is 1. The Kier molecular flexibility index (Phi) is 8.98. The first-order valence-corrected chi connectivity index (χ1v) is 16.8. The van der Waals surface area contributed by atoms with E-state index in [1.165, 1.54) is 16.7 Å². The topological polar surface area (TPSA) is 91.7 Å². The van der Waals surface area contributed by atoms with E-state index in [0.29, 0.717) is 20.6 Å². The number of hydrogen-bond donors (Lipinski definition) is 1. The van der Waals surface area contributed by atoms with Gasteiger partial charge in [0.25, 0.3) is 0 Å². The smallest absolute Gasteiger partial charge is 0.372 e. The lowest BCUT2D eigenvalue weighted by molar-refractivity contribution is -0.137. The monoisotopic (exact) mass is 700 g/mol. The van der Waals surface area contributed by atoms with Gasteiger partial charge in [-0.1, -0.05) is 52.9 Å². The fraction of sp³-hybridized carbons (Fsp3) is 0.273. The number of anilines is 3. The molecule has 3 amide bonds. The number of rotatable bonds is 8. The van der Waals surface area contributed by atoms with Gasteiger partial charge in [0.05, 0.1) is 22.2 Å². The zero-order chi connectivity index (χ0) is 33.6. The molecule has 1 saturated heterocycles. The van der Waals surface area contributed by atoms with Gasteiger partial charge in [0.1, 0.15) is 11.8 Å². The molecule has 3 atom stereocenters. The van der Waals surface area contributed by atoms with E-state index in [0.717, 1.165) is 64.5 Å². The summed E-state index contributed by atoms with van der Waals surface area (Å²) >= 11 is 8.01. The molecule has 2 aliphatic heterocycles. The maximum atomic E-state index is 14.1. The molecule has 1 aromatic heterocycles. The van der Waals surface area contributed by atoms with Gasteiger partial charge in [-0.25, -0.2) is 4.90 Å². The van der Waals surface area contributed by atoms with E-state index in [1.807, 2.05) is 38.1 Å². The van der Waals surface area contributed by atoms with Crippen LogP contribution in [0.4, 0.5) is 30.2 Å². The van der Waals surface area contributed by atoms with Gasteiger partial charge < -0.3 is 10.2 Å². The molecular weight excluding hydrogens is 673 g/mol. The van der Waals surface area contributed by atoms with Crippen molar-refractivity contribution in [2.24, 2.45) is 5.92 Å². The minimum atomic E-state index is -4.60. The molecule has 244 valence electrons. The fourth-order valence-electron chi connectivity index (χ4n) is 6.06. The molecule has 6 rings (SSSR count). The SMILES string of the molecule is CCN(CC)c1ccc([C@H]2c3sc(=O)n(CC(=O)Nc4cccc(C(F)(F)F)c4)c3SC3C(=O)N(c4ccc(Cl)cc4)C(=O)C32)cc1. The highest BCUT2D eigenvalue weighted by Gasteiger charge is 2.56. The number of nitrogens with zero attached hydrogens (tertiary/aromatic N) is 3. The number of amides is 3. The van der Waals surface area contributed by atoms with Crippen LogP contribution in [0.2, 0.25) is 5.02 Å². The van der Waals surface area contributed by atoms with Gasteiger partial charge in [-0.3, -0.25) is 23.7 Å². The van der Waals surface area contributed by atoms with E-state index in [9.17, 15) is 32.3 Å². The highest BCUT2D eigenvalue weighted by molar-refractivity contribution is 8.00. The summed E-state index contributed by atoms with van der Waals surface area (Å²) in [6.07, 6.45) is -4.60. The van der Waals surface area contributed by atoms with Crippen molar-refractivity contribution >= 4 is 69.5 Å². The van der Waals surface area contributed by atoms with Gasteiger partial charge in [-0.2, -0.15) is 13.2 Å². The van der Waals surface area contributed by atoms with Crippen LogP contribution in [0, 0.1) is 5.92 Å². The summed E-state index contributed by atoms with van der Waals surface area (Å²) < 4.78 is 40.9. The third-order valence-electron chi connectivity index (χ3n) is 8.29. The molecule has 4 aromatic rings. The zero-order valence-corrected chi connectivity index (χ0v) is 27.5. The van der Waals surface area contributed by atoms with Crippen LogP contribution in [0.15, 0.2) is 82.6 Å². The van der Waals surface area contributed by atoms with Crippen LogP contribution in [-0.4, -0.2) is 40.6 Å². The van der Waals surface area contributed by atoms with E-state index >= 15 is 0 Å². The summed E-state index contributed by atoms with van der Waals surface area (Å²) in [5, 5.41) is 2.36. The summed E-state index contributed by atoms with van der Waals surface area (Å²) in [6.45, 7) is 5.18. The summed E-state index contributed by atoms with van der Waals surface area (Å²) in [7, 11) is 0. The Bertz CT molecular complexity index is 1910. The van der Waals surface area contributed by atoms with Crippen LogP contribution in [0.5, 0.6) is 0 Å². The number of imide groups is 1. The zero-order valence-electron chi connectivity index (χ0n) is 25.1. The van der Waals surface area contributed by atoms with Crippen molar-refractivity contribution in [2.75, 3.05) is 28.2 Å². The molecule has 1 fully saturated rings. The Hall–Kier alpha value is -4.07. The van der Waals surface area contributed by atoms with E-state index in [-0.39, 0.29) is 5.69 Å². The second-order valence-electron chi connectivity index (χ2n) is 11.0. The van der Waals surface area contributed by atoms with Crippen LogP contribution < -0.4 is 20.0 Å². The lowest BCUT2D eigenvalue weighted by Crippen LogP contribution is -2.33. The molecular formula is C33H28ClF3N4O4S2. The Morgan fingerprint density at radius 1 is 0.957 bits per heavy atom. The summed E-state index contributed by atoms with van der Waals surface area (Å²) in [5.74, 6) is -3.08. The van der Waals surface area contributed by atoms with Gasteiger partial charge in [0.2, 0.25) is 17.7 Å². The van der Waals surface area contributed by atoms with Crippen LogP contribution >= 0.6 is 34.7 Å². The van der Waals surface area contributed by atoms with Crippen molar-refractivity contribution in [3.63, 3.8) is 0 Å². The number of fused-ring (bicyclic) bond motifs is 2. The van der Waals surface area contributed by atoms with Gasteiger partial charge in [-0.15, -0.1) is 0 Å². The number of halogens is 4. The highest BCUT2D eigenvalue weighted by atomic mass is 35.5. The first-order valence-electron chi connectivity index (χ1n) is 14.8. The maximum Gasteiger partial charge on any atom is 0.416 e. The first kappa shape index (κ1) is 32.9. The lowest BCUT2D eigenvalue weighted by Gasteiger charge is -2.31. The van der Waals surface area contributed by atoms with Crippen molar-refractivity contribution in [1.82, 2.24) is 4.57 Å². The summed E-state index contributed by atoms with van der Waals surface area (Å²) in [6, 6.07) is 18.3. The number of thiazole rings is 1. The van der Waals surface area contributed by atoms with Crippen molar-refractivity contribution in [3.8, 4) is 0 Å². The number of thioether (sulfide) groups is 1. The molecule has 1 N–H and O–H groups in total. The van der Waals surface area contributed by atoms with Crippen molar-refractivity contribution in [2.45, 2.75) is 42.8 Å². The highest BCUT2D eigenvalue weighted by Crippen LogP contribution is 2.54. The number of benzene rings is 3. The standard InChI is InChI=1S/C33H28ClF3N4O4S2/c1-3-39(4-2)22-12-8-18(9-13-22)25-26-27(30(44)41(29(26)43)23-14-10-20(34)11-15-23)46-31-28(25)47-32(45)40(31)17-24(42)38-21-7-5-6-19(16-21)33(35,36)37/h5-16,25-27H,3-4,17H2,1-2H3,(H,38,42)/t25-,26?,27?/m1/s1. The van der Waals surface area contributed by atoms with E-state index in [4.69, 9.17) is 11.6 Å². The Balaban J connectivity index is 1.39. The first-order chi connectivity index (χ1) is 22.4. The summed E-state index contributed by atoms with van der Waals surface area (Å²) in [5.41, 5.74) is 1.09. The largest absolute Gasteiger partial charge is 0.416 e. The summed E-state index contributed by atoms with van der Waals surface area (Å²) in [4.78, 5) is 57.9. The number of nitrogens with one attached hydrogen (secondary N) is 1. The molecule has 2 aliphatic rings. The predicted octanol–water partition coefficient (Wildman–Crippen LogP) is 6.86. The van der Waals surface area contributed by atoms with Gasteiger partial charge in [0.15, 0.2) is 0 Å². The number of carbonyl (C=O) groups is 3. The number of hydrogen-bond acceptors (Lipinski definition) is 7. The Labute approximate surface area is 281 Å². The molecule has 2 unspecified atom stereocenters. The predicted molar refractivity (Wildman–Crippen MR) is 178 cm³/mol. The lowest BCUT2D eigenvalue weighted by atomic mass is 9.83. The molecule has 3 aromatic carbocycles. The van der Waals surface area contributed by atoms with Crippen molar-refractivity contribution in [1.29, 1.82) is 0 Å². The maximum absolute atomic E-state index is 14.1. The second kappa shape index (κ2) is 12.9. The average Bonchev–Trinajstić information content (AvgIpc) is 3.48. The van der Waals surface area contributed by atoms with Crippen LogP contribution in [-0.2, 0) is 27.1 Å². The molecule has 0 aliphatic carbocycles.